The molecule has 0 spiro atoms. The molecular weight excluding hydrogens is 458 g/mol. The highest BCUT2D eigenvalue weighted by atomic mass is 32.2. The zero-order valence-corrected chi connectivity index (χ0v) is 21.3. The van der Waals surface area contributed by atoms with Gasteiger partial charge >= 0.3 is 0 Å². The lowest BCUT2D eigenvalue weighted by Crippen LogP contribution is -2.46. The van der Waals surface area contributed by atoms with Gasteiger partial charge in [-0.15, -0.1) is 0 Å². The Morgan fingerprint density at radius 3 is 2.57 bits per heavy atom. The van der Waals surface area contributed by atoms with Gasteiger partial charge in [-0.25, -0.2) is 9.97 Å². The first kappa shape index (κ1) is 24.9. The second kappa shape index (κ2) is 12.4. The maximum atomic E-state index is 12.4. The number of aryl methyl sites for hydroxylation is 1. The fourth-order valence-corrected chi connectivity index (χ4v) is 4.67. The molecule has 0 aliphatic carbocycles. The number of aromatic nitrogens is 2. The van der Waals surface area contributed by atoms with Crippen molar-refractivity contribution in [2.75, 3.05) is 54.2 Å². The van der Waals surface area contributed by atoms with Gasteiger partial charge in [0, 0.05) is 49.8 Å². The first-order chi connectivity index (χ1) is 17.1. The number of rotatable bonds is 10. The Labute approximate surface area is 211 Å². The predicted octanol–water partition coefficient (Wildman–Crippen LogP) is 4.89. The Balaban J connectivity index is 1.26. The number of methoxy groups -OCH3 is 1. The van der Waals surface area contributed by atoms with E-state index in [2.05, 4.69) is 51.3 Å². The number of nitrogens with one attached hydrogen (secondary N) is 1. The summed E-state index contributed by atoms with van der Waals surface area (Å²) >= 11 is 1.36. The van der Waals surface area contributed by atoms with Gasteiger partial charge in [0.2, 0.25) is 5.91 Å². The molecule has 1 aromatic heterocycles. The number of nitrogens with zero attached hydrogens (tertiary/aromatic N) is 4. The summed E-state index contributed by atoms with van der Waals surface area (Å²) in [4.78, 5) is 26.1. The zero-order valence-electron chi connectivity index (χ0n) is 20.4. The van der Waals surface area contributed by atoms with Gasteiger partial charge in [-0.3, -0.25) is 4.79 Å². The summed E-state index contributed by atoms with van der Waals surface area (Å²) in [5.74, 6) is 1.98. The van der Waals surface area contributed by atoms with Crippen LogP contribution < -0.4 is 19.9 Å². The first-order valence-electron chi connectivity index (χ1n) is 12.1. The molecule has 0 unspecified atom stereocenters. The number of amides is 1. The lowest BCUT2D eigenvalue weighted by atomic mass is 10.1. The van der Waals surface area contributed by atoms with Crippen molar-refractivity contribution in [1.82, 2.24) is 9.97 Å². The van der Waals surface area contributed by atoms with E-state index in [1.165, 1.54) is 35.9 Å². The molecule has 0 bridgehead atoms. The van der Waals surface area contributed by atoms with Crippen LogP contribution in [-0.2, 0) is 11.2 Å². The van der Waals surface area contributed by atoms with Crippen LogP contribution in [-0.4, -0.2) is 54.9 Å². The number of thioether (sulfide) groups is 1. The van der Waals surface area contributed by atoms with Crippen molar-refractivity contribution in [3.8, 4) is 5.75 Å². The maximum Gasteiger partial charge on any atom is 0.234 e. The average Bonchev–Trinajstić information content (AvgIpc) is 2.92. The maximum absolute atomic E-state index is 12.4. The van der Waals surface area contributed by atoms with Crippen molar-refractivity contribution in [2.24, 2.45) is 0 Å². The highest BCUT2D eigenvalue weighted by molar-refractivity contribution is 7.99. The predicted molar refractivity (Wildman–Crippen MR) is 144 cm³/mol. The molecule has 7 nitrogen and oxygen atoms in total. The molecule has 0 radical (unpaired) electrons. The highest BCUT2D eigenvalue weighted by Crippen LogP contribution is 2.24. The van der Waals surface area contributed by atoms with Gasteiger partial charge in [-0.05, 0) is 48.7 Å². The van der Waals surface area contributed by atoms with Crippen molar-refractivity contribution >= 4 is 34.9 Å². The van der Waals surface area contributed by atoms with Gasteiger partial charge in [0.25, 0.3) is 0 Å². The summed E-state index contributed by atoms with van der Waals surface area (Å²) in [6, 6.07) is 18.2. The second-order valence-corrected chi connectivity index (χ2v) is 9.45. The minimum Gasteiger partial charge on any atom is -0.497 e. The molecule has 0 saturated carbocycles. The summed E-state index contributed by atoms with van der Waals surface area (Å²) < 4.78 is 5.35. The van der Waals surface area contributed by atoms with Crippen molar-refractivity contribution in [2.45, 2.75) is 31.3 Å². The van der Waals surface area contributed by atoms with Crippen LogP contribution in [0.25, 0.3) is 0 Å². The van der Waals surface area contributed by atoms with Gasteiger partial charge in [0.1, 0.15) is 11.6 Å². The smallest absolute Gasteiger partial charge is 0.234 e. The fourth-order valence-electron chi connectivity index (χ4n) is 4.04. The minimum atomic E-state index is -0.0581. The number of carbonyl (C=O) groups is 1. The number of hydrogen-bond donors (Lipinski definition) is 1. The quantitative estimate of drug-likeness (QED) is 0.320. The number of anilines is 3. The molecular formula is C27H33N5O2S. The van der Waals surface area contributed by atoms with E-state index in [0.29, 0.717) is 5.16 Å². The lowest BCUT2D eigenvalue weighted by molar-refractivity contribution is -0.113. The molecule has 8 heteroatoms. The van der Waals surface area contributed by atoms with Gasteiger partial charge in [-0.1, -0.05) is 43.3 Å². The van der Waals surface area contributed by atoms with Crippen molar-refractivity contribution in [1.29, 1.82) is 0 Å². The standard InChI is InChI=1S/C27H33N5O2S/c1-3-4-6-21-9-11-22(12-10-21)29-26(33)20-35-27-28-14-13-25(30-27)32-17-15-31(16-18-32)23-7-5-8-24(19-23)34-2/h5,7-14,19H,3-4,6,15-18,20H2,1-2H3,(H,29,33). The van der Waals surface area contributed by atoms with Crippen LogP contribution >= 0.6 is 11.8 Å². The Kier molecular flexibility index (Phi) is 8.84. The summed E-state index contributed by atoms with van der Waals surface area (Å²) in [5, 5.41) is 3.58. The molecule has 1 amide bonds. The Morgan fingerprint density at radius 1 is 1.06 bits per heavy atom. The van der Waals surface area contributed by atoms with Gasteiger partial charge < -0.3 is 19.9 Å². The van der Waals surface area contributed by atoms with Crippen LogP contribution in [0, 0.1) is 0 Å². The Bertz CT molecular complexity index is 1100. The van der Waals surface area contributed by atoms with E-state index in [1.807, 2.05) is 30.3 Å². The molecule has 1 aliphatic heterocycles. The second-order valence-electron chi connectivity index (χ2n) is 8.51. The Hall–Kier alpha value is -3.26. The van der Waals surface area contributed by atoms with Crippen LogP contribution in [0.4, 0.5) is 17.2 Å². The average molecular weight is 492 g/mol. The van der Waals surface area contributed by atoms with Crippen LogP contribution in [0.1, 0.15) is 25.3 Å². The molecule has 2 aromatic carbocycles. The molecule has 1 N–H and O–H groups in total. The third-order valence-corrected chi connectivity index (χ3v) is 6.89. The van der Waals surface area contributed by atoms with E-state index in [0.717, 1.165) is 49.9 Å². The molecule has 35 heavy (non-hydrogen) atoms. The number of ether oxygens (including phenoxy) is 1. The fraction of sp³-hybridized carbons (Fsp3) is 0.370. The lowest BCUT2D eigenvalue weighted by Gasteiger charge is -2.36. The molecule has 184 valence electrons. The molecule has 0 atom stereocenters. The summed E-state index contributed by atoms with van der Waals surface area (Å²) in [7, 11) is 1.69. The van der Waals surface area contributed by atoms with E-state index in [4.69, 9.17) is 9.72 Å². The summed E-state index contributed by atoms with van der Waals surface area (Å²) in [6.07, 6.45) is 5.20. The van der Waals surface area contributed by atoms with Crippen LogP contribution in [0.2, 0.25) is 0 Å². The number of benzene rings is 2. The van der Waals surface area contributed by atoms with Crippen LogP contribution in [0.5, 0.6) is 5.75 Å². The number of unbranched alkanes of at least 4 members (excludes halogenated alkanes) is 1. The molecule has 2 heterocycles. The molecule has 1 fully saturated rings. The van der Waals surface area contributed by atoms with Crippen molar-refractivity contribution in [3.63, 3.8) is 0 Å². The van der Waals surface area contributed by atoms with E-state index in [9.17, 15) is 4.79 Å². The third-order valence-electron chi connectivity index (χ3n) is 6.03. The molecule has 1 saturated heterocycles. The molecule has 1 aliphatic rings. The third kappa shape index (κ3) is 7.11. The number of hydrogen-bond acceptors (Lipinski definition) is 7. The van der Waals surface area contributed by atoms with E-state index in [-0.39, 0.29) is 11.7 Å². The van der Waals surface area contributed by atoms with E-state index >= 15 is 0 Å². The minimum absolute atomic E-state index is 0.0581. The summed E-state index contributed by atoms with van der Waals surface area (Å²) in [6.45, 7) is 5.73. The largest absolute Gasteiger partial charge is 0.497 e. The van der Waals surface area contributed by atoms with E-state index < -0.39 is 0 Å². The number of piperazine rings is 1. The molecule has 3 aromatic rings. The topological polar surface area (TPSA) is 70.6 Å². The number of carbonyl (C=O) groups excluding carboxylic acids is 1. The highest BCUT2D eigenvalue weighted by Gasteiger charge is 2.19. The van der Waals surface area contributed by atoms with Crippen LogP contribution in [0.15, 0.2) is 66.0 Å². The monoisotopic (exact) mass is 491 g/mol. The van der Waals surface area contributed by atoms with Gasteiger partial charge in [0.15, 0.2) is 5.16 Å². The SMILES string of the molecule is CCCCc1ccc(NC(=O)CSc2nccc(N3CCN(c4cccc(OC)c4)CC3)n2)cc1. The Morgan fingerprint density at radius 2 is 1.83 bits per heavy atom. The van der Waals surface area contributed by atoms with Gasteiger partial charge in [0.05, 0.1) is 12.9 Å². The molecule has 4 rings (SSSR count). The van der Waals surface area contributed by atoms with E-state index in [1.54, 1.807) is 13.3 Å². The first-order valence-corrected chi connectivity index (χ1v) is 13.1. The van der Waals surface area contributed by atoms with Crippen molar-refractivity contribution in [3.05, 3.63) is 66.4 Å². The van der Waals surface area contributed by atoms with Crippen molar-refractivity contribution < 1.29 is 9.53 Å². The van der Waals surface area contributed by atoms with Gasteiger partial charge in [-0.2, -0.15) is 0 Å². The summed E-state index contributed by atoms with van der Waals surface area (Å²) in [5.41, 5.74) is 3.29. The zero-order chi connectivity index (χ0) is 24.5. The van der Waals surface area contributed by atoms with Crippen LogP contribution in [0.3, 0.4) is 0 Å². The normalized spacial score (nSPS) is 13.5.